The summed E-state index contributed by atoms with van der Waals surface area (Å²) in [6.45, 7) is 5.92. The lowest BCUT2D eigenvalue weighted by Crippen LogP contribution is -2.49. The number of benzene rings is 2. The van der Waals surface area contributed by atoms with Gasteiger partial charge in [0.15, 0.2) is 0 Å². The molecular weight excluding hydrogens is 450 g/mol. The summed E-state index contributed by atoms with van der Waals surface area (Å²) in [4.78, 5) is 26.5. The minimum atomic E-state index is -0.153. The van der Waals surface area contributed by atoms with Gasteiger partial charge in [-0.1, -0.05) is 54.6 Å². The highest BCUT2D eigenvalue weighted by Crippen LogP contribution is 2.24. The molecule has 3 heterocycles. The van der Waals surface area contributed by atoms with Crippen molar-refractivity contribution >= 4 is 11.7 Å². The number of aliphatic hydroxyl groups excluding tert-OH is 1. The van der Waals surface area contributed by atoms with E-state index >= 15 is 0 Å². The molecular formula is C29H35N5O2. The summed E-state index contributed by atoms with van der Waals surface area (Å²) in [5.41, 5.74) is 4.80. The molecule has 5 rings (SSSR count). The Morgan fingerprint density at radius 3 is 2.28 bits per heavy atom. The number of aromatic nitrogens is 2. The minimum Gasteiger partial charge on any atom is -0.393 e. The number of nitrogens with zero attached hydrogens (tertiary/aromatic N) is 4. The van der Waals surface area contributed by atoms with Crippen LogP contribution in [0, 0.1) is 6.92 Å². The van der Waals surface area contributed by atoms with Gasteiger partial charge in [0.1, 0.15) is 17.8 Å². The van der Waals surface area contributed by atoms with Crippen molar-refractivity contribution in [1.82, 2.24) is 19.8 Å². The monoisotopic (exact) mass is 485 g/mol. The smallest absolute Gasteiger partial charge is 0.272 e. The van der Waals surface area contributed by atoms with Gasteiger partial charge in [-0.25, -0.2) is 9.97 Å². The molecule has 1 amide bonds. The van der Waals surface area contributed by atoms with Crippen LogP contribution in [0.1, 0.15) is 47.3 Å². The first-order chi connectivity index (χ1) is 17.6. The highest BCUT2D eigenvalue weighted by molar-refractivity contribution is 5.94. The quantitative estimate of drug-likeness (QED) is 0.547. The van der Waals surface area contributed by atoms with Gasteiger partial charge in [0, 0.05) is 44.3 Å². The van der Waals surface area contributed by atoms with Crippen LogP contribution in [0.15, 0.2) is 60.9 Å². The van der Waals surface area contributed by atoms with Crippen molar-refractivity contribution < 1.29 is 9.90 Å². The SMILES string of the molecule is Cc1c(NCc2ccc(-c3ccccc3)cc2)ncnc1C(=O)N1CCC(N2CCC(O)CC2)CC1. The van der Waals surface area contributed by atoms with E-state index in [1.165, 1.54) is 17.5 Å². The predicted octanol–water partition coefficient (Wildman–Crippen LogP) is 4.13. The van der Waals surface area contributed by atoms with E-state index in [-0.39, 0.29) is 12.0 Å². The number of aliphatic hydroxyl groups is 1. The van der Waals surface area contributed by atoms with Gasteiger partial charge in [0.25, 0.3) is 5.91 Å². The lowest BCUT2D eigenvalue weighted by atomic mass is 9.98. The molecule has 0 spiro atoms. The van der Waals surface area contributed by atoms with Gasteiger partial charge in [-0.15, -0.1) is 0 Å². The molecule has 36 heavy (non-hydrogen) atoms. The summed E-state index contributed by atoms with van der Waals surface area (Å²) in [5, 5.41) is 13.2. The van der Waals surface area contributed by atoms with Crippen LogP contribution in [0.3, 0.4) is 0 Å². The Balaban J connectivity index is 1.18. The number of likely N-dealkylation sites (tertiary alicyclic amines) is 2. The van der Waals surface area contributed by atoms with Gasteiger partial charge in [-0.3, -0.25) is 4.79 Å². The first-order valence-corrected chi connectivity index (χ1v) is 13.0. The van der Waals surface area contributed by atoms with Crippen molar-refractivity contribution in [3.63, 3.8) is 0 Å². The number of rotatable bonds is 6. The summed E-state index contributed by atoms with van der Waals surface area (Å²) in [7, 11) is 0. The van der Waals surface area contributed by atoms with Gasteiger partial charge in [0.05, 0.1) is 6.10 Å². The Bertz CT molecular complexity index is 1150. The lowest BCUT2D eigenvalue weighted by molar-refractivity contribution is 0.0355. The zero-order valence-corrected chi connectivity index (χ0v) is 20.9. The van der Waals surface area contributed by atoms with E-state index in [1.807, 2.05) is 30.0 Å². The Morgan fingerprint density at radius 1 is 0.917 bits per heavy atom. The number of anilines is 1. The molecule has 0 radical (unpaired) electrons. The summed E-state index contributed by atoms with van der Waals surface area (Å²) >= 11 is 0. The van der Waals surface area contributed by atoms with Gasteiger partial charge in [-0.05, 0) is 49.3 Å². The predicted molar refractivity (Wildman–Crippen MR) is 142 cm³/mol. The van der Waals surface area contributed by atoms with E-state index in [4.69, 9.17) is 0 Å². The molecule has 0 saturated carbocycles. The Hall–Kier alpha value is -3.29. The molecule has 0 aliphatic carbocycles. The summed E-state index contributed by atoms with van der Waals surface area (Å²) in [5.74, 6) is 0.680. The van der Waals surface area contributed by atoms with Gasteiger partial charge in [-0.2, -0.15) is 0 Å². The number of hydrogen-bond acceptors (Lipinski definition) is 6. The number of amides is 1. The first kappa shape index (κ1) is 24.4. The molecule has 3 aromatic rings. The number of hydrogen-bond donors (Lipinski definition) is 2. The third-order valence-corrected chi connectivity index (χ3v) is 7.57. The molecule has 2 saturated heterocycles. The van der Waals surface area contributed by atoms with E-state index in [0.717, 1.165) is 63.0 Å². The molecule has 2 aliphatic heterocycles. The third kappa shape index (κ3) is 5.58. The normalized spacial score (nSPS) is 17.8. The van der Waals surface area contributed by atoms with Crippen LogP contribution in [0.5, 0.6) is 0 Å². The molecule has 2 N–H and O–H groups in total. The molecule has 1 aromatic heterocycles. The number of carbonyl (C=O) groups is 1. The zero-order chi connectivity index (χ0) is 24.9. The average Bonchev–Trinajstić information content (AvgIpc) is 2.93. The van der Waals surface area contributed by atoms with Crippen LogP contribution < -0.4 is 5.32 Å². The van der Waals surface area contributed by atoms with E-state index < -0.39 is 0 Å². The van der Waals surface area contributed by atoms with Crippen molar-refractivity contribution in [3.8, 4) is 11.1 Å². The maximum atomic E-state index is 13.3. The molecule has 2 aliphatic rings. The highest BCUT2D eigenvalue weighted by Gasteiger charge is 2.30. The summed E-state index contributed by atoms with van der Waals surface area (Å²) < 4.78 is 0. The fourth-order valence-corrected chi connectivity index (χ4v) is 5.31. The Kier molecular flexibility index (Phi) is 7.58. The molecule has 0 atom stereocenters. The van der Waals surface area contributed by atoms with E-state index in [9.17, 15) is 9.90 Å². The standard InChI is InChI=1S/C29H35N5O2/c1-21-27(29(36)34-15-11-25(12-16-34)33-17-13-26(35)14-18-33)31-20-32-28(21)30-19-22-7-9-24(10-8-22)23-5-3-2-4-6-23/h2-10,20,25-26,35H,11-19H2,1H3,(H,30,31,32). The largest absolute Gasteiger partial charge is 0.393 e. The lowest BCUT2D eigenvalue weighted by Gasteiger charge is -2.41. The third-order valence-electron chi connectivity index (χ3n) is 7.57. The van der Waals surface area contributed by atoms with Crippen molar-refractivity contribution in [1.29, 1.82) is 0 Å². The zero-order valence-electron chi connectivity index (χ0n) is 20.9. The van der Waals surface area contributed by atoms with Crippen LogP contribution in [0.25, 0.3) is 11.1 Å². The number of carbonyl (C=O) groups excluding carboxylic acids is 1. The Morgan fingerprint density at radius 2 is 1.58 bits per heavy atom. The van der Waals surface area contributed by atoms with Crippen molar-refractivity contribution in [2.24, 2.45) is 0 Å². The van der Waals surface area contributed by atoms with Crippen molar-refractivity contribution in [2.75, 3.05) is 31.5 Å². The number of nitrogens with one attached hydrogen (secondary N) is 1. The molecule has 2 aromatic carbocycles. The maximum Gasteiger partial charge on any atom is 0.272 e. The summed E-state index contributed by atoms with van der Waals surface area (Å²) in [6, 6.07) is 19.3. The fourth-order valence-electron chi connectivity index (χ4n) is 5.31. The second-order valence-electron chi connectivity index (χ2n) is 9.90. The van der Waals surface area contributed by atoms with Crippen molar-refractivity contribution in [2.45, 2.75) is 51.3 Å². The van der Waals surface area contributed by atoms with E-state index in [2.05, 4.69) is 56.6 Å². The van der Waals surface area contributed by atoms with E-state index in [0.29, 0.717) is 24.1 Å². The van der Waals surface area contributed by atoms with Crippen LogP contribution in [-0.2, 0) is 6.54 Å². The maximum absolute atomic E-state index is 13.3. The molecule has 0 unspecified atom stereocenters. The topological polar surface area (TPSA) is 81.6 Å². The average molecular weight is 486 g/mol. The molecule has 7 heteroatoms. The molecule has 2 fully saturated rings. The minimum absolute atomic E-state index is 0.0160. The van der Waals surface area contributed by atoms with Gasteiger partial charge < -0.3 is 20.2 Å². The molecule has 0 bridgehead atoms. The first-order valence-electron chi connectivity index (χ1n) is 13.0. The van der Waals surface area contributed by atoms with E-state index in [1.54, 1.807) is 0 Å². The highest BCUT2D eigenvalue weighted by atomic mass is 16.3. The summed E-state index contributed by atoms with van der Waals surface area (Å²) in [6.07, 6.45) is 4.97. The number of piperidine rings is 2. The van der Waals surface area contributed by atoms with Gasteiger partial charge >= 0.3 is 0 Å². The second kappa shape index (κ2) is 11.2. The van der Waals surface area contributed by atoms with Gasteiger partial charge in [0.2, 0.25) is 0 Å². The van der Waals surface area contributed by atoms with Crippen molar-refractivity contribution in [3.05, 3.63) is 77.7 Å². The van der Waals surface area contributed by atoms with Crippen LogP contribution in [0.4, 0.5) is 5.82 Å². The van der Waals surface area contributed by atoms with Crippen LogP contribution in [0.2, 0.25) is 0 Å². The second-order valence-corrected chi connectivity index (χ2v) is 9.90. The van der Waals surface area contributed by atoms with Crippen LogP contribution >= 0.6 is 0 Å². The Labute approximate surface area is 213 Å². The fraction of sp³-hybridized carbons (Fsp3) is 0.414. The molecule has 188 valence electrons. The molecule has 7 nitrogen and oxygen atoms in total. The van der Waals surface area contributed by atoms with Crippen LogP contribution in [-0.4, -0.2) is 69.1 Å².